The lowest BCUT2D eigenvalue weighted by Gasteiger charge is -2.34. The first kappa shape index (κ1) is 12.0. The number of H-pyrrole nitrogens is 1. The van der Waals surface area contributed by atoms with E-state index in [-0.39, 0.29) is 11.2 Å². The number of aromatic nitrogens is 3. The van der Waals surface area contributed by atoms with Gasteiger partial charge in [0.05, 0.1) is 17.1 Å². The monoisotopic (exact) mass is 273 g/mol. The predicted octanol–water partition coefficient (Wildman–Crippen LogP) is 2.74. The molecule has 0 saturated heterocycles. The number of ketones is 1. The Balaban J connectivity index is 1.95. The molecule has 20 heavy (non-hydrogen) atoms. The minimum absolute atomic E-state index is 0.101. The van der Waals surface area contributed by atoms with Crippen LogP contribution in [-0.2, 0) is 10.2 Å². The average Bonchev–Trinajstić information content (AvgIpc) is 2.96. The molecule has 0 aliphatic heterocycles. The fourth-order valence-electron chi connectivity index (χ4n) is 4.31. The number of nitrogens with zero attached hydrogens (tertiary/aromatic N) is 2. The third kappa shape index (κ3) is 1.19. The van der Waals surface area contributed by atoms with Crippen LogP contribution in [0.15, 0.2) is 12.3 Å². The second kappa shape index (κ2) is 3.45. The van der Waals surface area contributed by atoms with Crippen LogP contribution < -0.4 is 0 Å². The van der Waals surface area contributed by atoms with Gasteiger partial charge in [0.25, 0.3) is 0 Å². The van der Waals surface area contributed by atoms with Gasteiger partial charge in [-0.15, -0.1) is 0 Å². The van der Waals surface area contributed by atoms with E-state index in [0.29, 0.717) is 29.3 Å². The molecule has 2 unspecified atom stereocenters. The third-order valence-electron chi connectivity index (χ3n) is 5.60. The van der Waals surface area contributed by atoms with E-state index in [0.717, 1.165) is 19.0 Å². The van der Waals surface area contributed by atoms with Crippen molar-refractivity contribution < 1.29 is 9.18 Å². The summed E-state index contributed by atoms with van der Waals surface area (Å²) in [6, 6.07) is 1.38. The van der Waals surface area contributed by atoms with E-state index in [4.69, 9.17) is 0 Å². The smallest absolute Gasteiger partial charge is 0.177 e. The molecule has 2 atom stereocenters. The SMILES string of the molecule is CC1(C)C2CCC1(c1nc3ncc(F)cc3[nH]1)C(=O)C2. The number of halogens is 1. The van der Waals surface area contributed by atoms with E-state index in [1.54, 1.807) is 0 Å². The third-order valence-corrected chi connectivity index (χ3v) is 5.60. The molecule has 0 spiro atoms. The van der Waals surface area contributed by atoms with Gasteiger partial charge in [-0.2, -0.15) is 0 Å². The standard InChI is InChI=1S/C15H16FN3O/c1-14(2)8-3-4-15(14,11(20)5-8)13-18-10-6-9(16)7-17-12(10)19-13/h6-8H,3-5H2,1-2H3,(H,17,18,19). The molecule has 2 aromatic rings. The minimum Gasteiger partial charge on any atom is -0.340 e. The number of carbonyl (C=O) groups excluding carboxylic acids is 1. The molecule has 4 rings (SSSR count). The maximum absolute atomic E-state index is 13.3. The van der Waals surface area contributed by atoms with E-state index < -0.39 is 11.2 Å². The molecule has 2 saturated carbocycles. The van der Waals surface area contributed by atoms with Crippen molar-refractivity contribution in [1.82, 2.24) is 15.0 Å². The molecule has 0 amide bonds. The second-order valence-electron chi connectivity index (χ2n) is 6.60. The largest absolute Gasteiger partial charge is 0.340 e. The Bertz CT molecular complexity index is 736. The number of hydrogen-bond donors (Lipinski definition) is 1. The Morgan fingerprint density at radius 2 is 2.25 bits per heavy atom. The van der Waals surface area contributed by atoms with Crippen LogP contribution in [0, 0.1) is 17.2 Å². The molecule has 1 N–H and O–H groups in total. The first-order valence-corrected chi connectivity index (χ1v) is 7.00. The van der Waals surface area contributed by atoms with Crippen LogP contribution in [0.1, 0.15) is 38.9 Å². The summed E-state index contributed by atoms with van der Waals surface area (Å²) in [6.07, 6.45) is 3.67. The van der Waals surface area contributed by atoms with Crippen molar-refractivity contribution in [3.05, 3.63) is 23.9 Å². The lowest BCUT2D eigenvalue weighted by atomic mass is 9.68. The Morgan fingerprint density at radius 3 is 2.90 bits per heavy atom. The Kier molecular flexibility index (Phi) is 2.07. The molecule has 0 aromatic carbocycles. The number of pyridine rings is 1. The molecule has 104 valence electrons. The van der Waals surface area contributed by atoms with Crippen molar-refractivity contribution >= 4 is 16.9 Å². The molecule has 2 heterocycles. The summed E-state index contributed by atoms with van der Waals surface area (Å²) in [5.74, 6) is 0.957. The van der Waals surface area contributed by atoms with Crippen LogP contribution in [0.2, 0.25) is 0 Å². The van der Waals surface area contributed by atoms with Crippen LogP contribution in [0.25, 0.3) is 11.2 Å². The van der Waals surface area contributed by atoms with Crippen LogP contribution in [0.5, 0.6) is 0 Å². The first-order chi connectivity index (χ1) is 9.45. The highest BCUT2D eigenvalue weighted by Gasteiger charge is 2.66. The molecule has 2 aliphatic rings. The normalized spacial score (nSPS) is 31.4. The van der Waals surface area contributed by atoms with Crippen LogP contribution in [-0.4, -0.2) is 20.7 Å². The molecule has 2 bridgehead atoms. The van der Waals surface area contributed by atoms with Gasteiger partial charge in [-0.25, -0.2) is 14.4 Å². The van der Waals surface area contributed by atoms with Crippen molar-refractivity contribution in [3.63, 3.8) is 0 Å². The fraction of sp³-hybridized carbons (Fsp3) is 0.533. The summed E-state index contributed by atoms with van der Waals surface area (Å²) in [5.41, 5.74) is 0.397. The molecule has 0 radical (unpaired) electrons. The summed E-state index contributed by atoms with van der Waals surface area (Å²) >= 11 is 0. The molecule has 4 nitrogen and oxygen atoms in total. The molecule has 5 heteroatoms. The van der Waals surface area contributed by atoms with Gasteiger partial charge in [0.2, 0.25) is 0 Å². The van der Waals surface area contributed by atoms with Crippen LogP contribution >= 0.6 is 0 Å². The maximum Gasteiger partial charge on any atom is 0.177 e. The number of nitrogens with one attached hydrogen (secondary N) is 1. The topological polar surface area (TPSA) is 58.6 Å². The van der Waals surface area contributed by atoms with Crippen molar-refractivity contribution in [1.29, 1.82) is 0 Å². The van der Waals surface area contributed by atoms with Crippen LogP contribution in [0.3, 0.4) is 0 Å². The molecule has 2 aliphatic carbocycles. The van der Waals surface area contributed by atoms with Gasteiger partial charge < -0.3 is 4.98 Å². The Hall–Kier alpha value is -1.78. The summed E-state index contributed by atoms with van der Waals surface area (Å²) in [4.78, 5) is 24.2. The van der Waals surface area contributed by atoms with Gasteiger partial charge >= 0.3 is 0 Å². The van der Waals surface area contributed by atoms with Gasteiger partial charge in [-0.1, -0.05) is 13.8 Å². The number of hydrogen-bond acceptors (Lipinski definition) is 3. The maximum atomic E-state index is 13.3. The van der Waals surface area contributed by atoms with Crippen molar-refractivity contribution in [2.45, 2.75) is 38.5 Å². The zero-order valence-electron chi connectivity index (χ0n) is 11.5. The summed E-state index contributed by atoms with van der Waals surface area (Å²) in [5, 5.41) is 0. The zero-order chi connectivity index (χ0) is 14.1. The zero-order valence-corrected chi connectivity index (χ0v) is 11.5. The Labute approximate surface area is 115 Å². The van der Waals surface area contributed by atoms with E-state index >= 15 is 0 Å². The molecule has 2 aromatic heterocycles. The number of Topliss-reactive ketones (excluding diaryl/α,β-unsaturated/α-hetero) is 1. The minimum atomic E-state index is -0.547. The number of rotatable bonds is 1. The highest BCUT2D eigenvalue weighted by Crippen LogP contribution is 2.63. The van der Waals surface area contributed by atoms with E-state index in [1.807, 2.05) is 0 Å². The van der Waals surface area contributed by atoms with Crippen LogP contribution in [0.4, 0.5) is 4.39 Å². The Morgan fingerprint density at radius 1 is 1.45 bits per heavy atom. The fourth-order valence-corrected chi connectivity index (χ4v) is 4.31. The summed E-state index contributed by atoms with van der Waals surface area (Å²) in [7, 11) is 0. The number of aromatic amines is 1. The average molecular weight is 273 g/mol. The van der Waals surface area contributed by atoms with Gasteiger partial charge in [0.1, 0.15) is 17.4 Å². The number of imidazole rings is 1. The first-order valence-electron chi connectivity index (χ1n) is 7.00. The predicted molar refractivity (Wildman–Crippen MR) is 71.7 cm³/mol. The summed E-state index contributed by atoms with van der Waals surface area (Å²) in [6.45, 7) is 4.30. The van der Waals surface area contributed by atoms with E-state index in [1.165, 1.54) is 6.07 Å². The van der Waals surface area contributed by atoms with Crippen molar-refractivity contribution in [2.24, 2.45) is 11.3 Å². The van der Waals surface area contributed by atoms with Gasteiger partial charge in [0.15, 0.2) is 5.65 Å². The number of carbonyl (C=O) groups is 1. The quantitative estimate of drug-likeness (QED) is 0.869. The second-order valence-corrected chi connectivity index (χ2v) is 6.60. The van der Waals surface area contributed by atoms with Gasteiger partial charge in [-0.3, -0.25) is 4.79 Å². The molecular formula is C15H16FN3O. The van der Waals surface area contributed by atoms with E-state index in [2.05, 4.69) is 28.8 Å². The molecular weight excluding hydrogens is 257 g/mol. The lowest BCUT2D eigenvalue weighted by Crippen LogP contribution is -2.41. The van der Waals surface area contributed by atoms with Gasteiger partial charge in [0, 0.05) is 12.5 Å². The highest BCUT2D eigenvalue weighted by atomic mass is 19.1. The van der Waals surface area contributed by atoms with Crippen molar-refractivity contribution in [2.75, 3.05) is 0 Å². The highest BCUT2D eigenvalue weighted by molar-refractivity contribution is 5.94. The molecule has 2 fully saturated rings. The number of fused-ring (bicyclic) bond motifs is 3. The lowest BCUT2D eigenvalue weighted by molar-refractivity contribution is -0.124. The van der Waals surface area contributed by atoms with E-state index in [9.17, 15) is 9.18 Å². The summed E-state index contributed by atoms with van der Waals surface area (Å²) < 4.78 is 13.3. The van der Waals surface area contributed by atoms with Crippen molar-refractivity contribution in [3.8, 4) is 0 Å². The van der Waals surface area contributed by atoms with Gasteiger partial charge in [-0.05, 0) is 24.2 Å².